The first-order chi connectivity index (χ1) is 10.0. The van der Waals surface area contributed by atoms with Gasteiger partial charge in [-0.05, 0) is 43.3 Å². The Labute approximate surface area is 136 Å². The molecule has 1 amide bonds. The summed E-state index contributed by atoms with van der Waals surface area (Å²) >= 11 is 9.51. The quantitative estimate of drug-likeness (QED) is 0.709. The fourth-order valence-corrected chi connectivity index (χ4v) is 2.54. The Bertz CT molecular complexity index is 676. The van der Waals surface area contributed by atoms with Crippen LogP contribution < -0.4 is 16.4 Å². The molecule has 4 N–H and O–H groups in total. The van der Waals surface area contributed by atoms with Crippen LogP contribution in [0.3, 0.4) is 0 Å². The standard InChI is InChI=1S/C15H15BrClN3O/c1-2-19-15(21)9-3-5-14(12(18)7-9)20-13-6-4-10(16)8-11(13)17/h3-8,20H,2,18H2,1H3,(H,19,21). The van der Waals surface area contributed by atoms with E-state index >= 15 is 0 Å². The van der Waals surface area contributed by atoms with Crippen molar-refractivity contribution in [3.05, 3.63) is 51.5 Å². The third-order valence-electron chi connectivity index (χ3n) is 2.85. The number of nitrogens with one attached hydrogen (secondary N) is 2. The van der Waals surface area contributed by atoms with Gasteiger partial charge in [0.2, 0.25) is 0 Å². The molecule has 0 aromatic heterocycles. The summed E-state index contributed by atoms with van der Waals surface area (Å²) in [6.07, 6.45) is 0. The van der Waals surface area contributed by atoms with Gasteiger partial charge in [-0.3, -0.25) is 4.79 Å². The van der Waals surface area contributed by atoms with E-state index in [1.807, 2.05) is 19.1 Å². The molecule has 0 aliphatic rings. The van der Waals surface area contributed by atoms with Crippen LogP contribution in [-0.2, 0) is 0 Å². The highest BCUT2D eigenvalue weighted by Gasteiger charge is 2.08. The zero-order chi connectivity index (χ0) is 15.4. The zero-order valence-corrected chi connectivity index (χ0v) is 13.8. The summed E-state index contributed by atoms with van der Waals surface area (Å²) in [5.74, 6) is -0.141. The number of hydrogen-bond donors (Lipinski definition) is 3. The van der Waals surface area contributed by atoms with E-state index in [4.69, 9.17) is 17.3 Å². The molecule has 0 saturated carbocycles. The van der Waals surface area contributed by atoms with Crippen LogP contribution in [0.1, 0.15) is 17.3 Å². The normalized spacial score (nSPS) is 10.2. The summed E-state index contributed by atoms with van der Waals surface area (Å²) in [6.45, 7) is 2.44. The number of hydrogen-bond acceptors (Lipinski definition) is 3. The molecule has 0 fully saturated rings. The zero-order valence-electron chi connectivity index (χ0n) is 11.4. The van der Waals surface area contributed by atoms with E-state index < -0.39 is 0 Å². The fourth-order valence-electron chi connectivity index (χ4n) is 1.82. The van der Waals surface area contributed by atoms with Crippen molar-refractivity contribution in [1.29, 1.82) is 0 Å². The Morgan fingerprint density at radius 1 is 1.24 bits per heavy atom. The molecule has 0 aliphatic heterocycles. The molecule has 0 bridgehead atoms. The van der Waals surface area contributed by atoms with Gasteiger partial charge in [0.1, 0.15) is 0 Å². The molecule has 2 rings (SSSR count). The van der Waals surface area contributed by atoms with Gasteiger partial charge in [-0.15, -0.1) is 0 Å². The van der Waals surface area contributed by atoms with E-state index in [0.29, 0.717) is 28.5 Å². The van der Waals surface area contributed by atoms with Gasteiger partial charge in [0, 0.05) is 16.6 Å². The number of nitrogen functional groups attached to an aromatic ring is 1. The van der Waals surface area contributed by atoms with Crippen LogP contribution in [-0.4, -0.2) is 12.5 Å². The van der Waals surface area contributed by atoms with Crippen LogP contribution in [0.25, 0.3) is 0 Å². The monoisotopic (exact) mass is 367 g/mol. The number of amides is 1. The van der Waals surface area contributed by atoms with Gasteiger partial charge in [-0.25, -0.2) is 0 Å². The second-order valence-electron chi connectivity index (χ2n) is 4.41. The van der Waals surface area contributed by atoms with E-state index in [9.17, 15) is 4.79 Å². The van der Waals surface area contributed by atoms with E-state index in [1.165, 1.54) is 0 Å². The molecule has 0 aliphatic carbocycles. The van der Waals surface area contributed by atoms with Gasteiger partial charge >= 0.3 is 0 Å². The van der Waals surface area contributed by atoms with Crippen LogP contribution in [0.4, 0.5) is 17.1 Å². The average molecular weight is 369 g/mol. The van der Waals surface area contributed by atoms with Gasteiger partial charge in [0.15, 0.2) is 0 Å². The SMILES string of the molecule is CCNC(=O)c1ccc(Nc2ccc(Br)cc2Cl)c(N)c1. The van der Waals surface area contributed by atoms with E-state index in [0.717, 1.165) is 10.2 Å². The number of carbonyl (C=O) groups is 1. The molecule has 6 heteroatoms. The Balaban J connectivity index is 2.23. The van der Waals surface area contributed by atoms with E-state index in [1.54, 1.807) is 24.3 Å². The van der Waals surface area contributed by atoms with Crippen molar-refractivity contribution in [1.82, 2.24) is 5.32 Å². The molecule has 0 heterocycles. The number of nitrogens with two attached hydrogens (primary N) is 1. The van der Waals surface area contributed by atoms with Crippen molar-refractivity contribution in [3.8, 4) is 0 Å². The fraction of sp³-hybridized carbons (Fsp3) is 0.133. The summed E-state index contributed by atoms with van der Waals surface area (Å²) in [5, 5.41) is 6.47. The maximum Gasteiger partial charge on any atom is 0.251 e. The first-order valence-electron chi connectivity index (χ1n) is 6.41. The predicted molar refractivity (Wildman–Crippen MR) is 91.3 cm³/mol. The lowest BCUT2D eigenvalue weighted by Crippen LogP contribution is -2.22. The molecule has 110 valence electrons. The Kier molecular flexibility index (Phi) is 5.09. The van der Waals surface area contributed by atoms with Gasteiger partial charge in [0.05, 0.1) is 22.1 Å². The summed E-state index contributed by atoms with van der Waals surface area (Å²) in [5.41, 5.74) is 8.45. The molecule has 2 aromatic rings. The van der Waals surface area contributed by atoms with Crippen molar-refractivity contribution >= 4 is 50.5 Å². The Morgan fingerprint density at radius 2 is 1.95 bits per heavy atom. The first kappa shape index (κ1) is 15.7. The van der Waals surface area contributed by atoms with Crippen LogP contribution in [0.2, 0.25) is 5.02 Å². The second kappa shape index (κ2) is 6.83. The maximum atomic E-state index is 11.7. The first-order valence-corrected chi connectivity index (χ1v) is 7.58. The van der Waals surface area contributed by atoms with Crippen LogP contribution in [0.15, 0.2) is 40.9 Å². The largest absolute Gasteiger partial charge is 0.397 e. The number of anilines is 3. The molecule has 0 atom stereocenters. The molecule has 0 spiro atoms. The minimum Gasteiger partial charge on any atom is -0.397 e. The summed E-state index contributed by atoms with van der Waals surface area (Å²) in [4.78, 5) is 11.7. The number of benzene rings is 2. The molecule has 0 unspecified atom stereocenters. The second-order valence-corrected chi connectivity index (χ2v) is 5.73. The lowest BCUT2D eigenvalue weighted by Gasteiger charge is -2.12. The molecule has 4 nitrogen and oxygen atoms in total. The number of carbonyl (C=O) groups excluding carboxylic acids is 1. The van der Waals surface area contributed by atoms with Crippen LogP contribution in [0.5, 0.6) is 0 Å². The van der Waals surface area contributed by atoms with Gasteiger partial charge < -0.3 is 16.4 Å². The van der Waals surface area contributed by atoms with Crippen LogP contribution >= 0.6 is 27.5 Å². The molecule has 0 radical (unpaired) electrons. The van der Waals surface area contributed by atoms with Crippen molar-refractivity contribution in [2.45, 2.75) is 6.92 Å². The van der Waals surface area contributed by atoms with Gasteiger partial charge in [-0.1, -0.05) is 27.5 Å². The third kappa shape index (κ3) is 3.89. The van der Waals surface area contributed by atoms with Crippen molar-refractivity contribution in [2.24, 2.45) is 0 Å². The molecular weight excluding hydrogens is 354 g/mol. The Hall–Kier alpha value is -1.72. The highest BCUT2D eigenvalue weighted by molar-refractivity contribution is 9.10. The van der Waals surface area contributed by atoms with Crippen molar-refractivity contribution in [2.75, 3.05) is 17.6 Å². The predicted octanol–water partition coefficient (Wildman–Crippen LogP) is 4.18. The van der Waals surface area contributed by atoms with Crippen LogP contribution in [0, 0.1) is 0 Å². The summed E-state index contributed by atoms with van der Waals surface area (Å²) < 4.78 is 0.901. The van der Waals surface area contributed by atoms with E-state index in [2.05, 4.69) is 26.6 Å². The smallest absolute Gasteiger partial charge is 0.251 e. The van der Waals surface area contributed by atoms with Gasteiger partial charge in [0.25, 0.3) is 5.91 Å². The number of halogens is 2. The number of rotatable bonds is 4. The molecule has 2 aromatic carbocycles. The van der Waals surface area contributed by atoms with Crippen molar-refractivity contribution in [3.63, 3.8) is 0 Å². The minimum atomic E-state index is -0.141. The highest BCUT2D eigenvalue weighted by atomic mass is 79.9. The molecule has 0 saturated heterocycles. The Morgan fingerprint density at radius 3 is 2.57 bits per heavy atom. The van der Waals surface area contributed by atoms with Gasteiger partial charge in [-0.2, -0.15) is 0 Å². The summed E-state index contributed by atoms with van der Waals surface area (Å²) in [7, 11) is 0. The average Bonchev–Trinajstić information content (AvgIpc) is 2.44. The molecular formula is C15H15BrClN3O. The summed E-state index contributed by atoms with van der Waals surface area (Å²) in [6, 6.07) is 10.6. The lowest BCUT2D eigenvalue weighted by molar-refractivity contribution is 0.0956. The highest BCUT2D eigenvalue weighted by Crippen LogP contribution is 2.30. The van der Waals surface area contributed by atoms with E-state index in [-0.39, 0.29) is 5.91 Å². The molecule has 21 heavy (non-hydrogen) atoms. The topological polar surface area (TPSA) is 67.2 Å². The third-order valence-corrected chi connectivity index (χ3v) is 3.66. The van der Waals surface area contributed by atoms with Crippen molar-refractivity contribution < 1.29 is 4.79 Å². The minimum absolute atomic E-state index is 0.141. The lowest BCUT2D eigenvalue weighted by atomic mass is 10.1. The maximum absolute atomic E-state index is 11.7.